The molecule has 0 fully saturated rings. The van der Waals surface area contributed by atoms with Gasteiger partial charge in [-0.2, -0.15) is 0 Å². The molecule has 6 nitrogen and oxygen atoms in total. The van der Waals surface area contributed by atoms with Crippen LogP contribution in [-0.4, -0.2) is 40.7 Å². The normalized spacial score (nSPS) is 11.7. The highest BCUT2D eigenvalue weighted by molar-refractivity contribution is 5.79. The van der Waals surface area contributed by atoms with Crippen molar-refractivity contribution in [1.29, 1.82) is 0 Å². The maximum atomic E-state index is 4.28. The van der Waals surface area contributed by atoms with E-state index in [-0.39, 0.29) is 0 Å². The van der Waals surface area contributed by atoms with Crippen molar-refractivity contribution >= 4 is 11.6 Å². The number of hydrogen-bond acceptors (Lipinski definition) is 3. The molecule has 0 amide bonds. The summed E-state index contributed by atoms with van der Waals surface area (Å²) in [6, 6.07) is 16.5. The minimum atomic E-state index is 0.847. The van der Waals surface area contributed by atoms with E-state index in [1.165, 1.54) is 5.56 Å². The lowest BCUT2D eigenvalue weighted by molar-refractivity contribution is 0.702. The lowest BCUT2D eigenvalue weighted by atomic mass is 10.1. The summed E-state index contributed by atoms with van der Waals surface area (Å²) in [5.41, 5.74) is 2.27. The summed E-state index contributed by atoms with van der Waals surface area (Å²) in [5.74, 6) is 1.84. The highest BCUT2D eigenvalue weighted by Gasteiger charge is 2.04. The lowest BCUT2D eigenvalue weighted by Gasteiger charge is -2.11. The van der Waals surface area contributed by atoms with Gasteiger partial charge in [0.1, 0.15) is 5.82 Å². The minimum Gasteiger partial charge on any atom is -0.356 e. The minimum absolute atomic E-state index is 0.847. The van der Waals surface area contributed by atoms with Gasteiger partial charge in [-0.3, -0.25) is 9.39 Å². The van der Waals surface area contributed by atoms with E-state index in [4.69, 9.17) is 0 Å². The molecule has 6 heteroatoms. The topological polar surface area (TPSA) is 66.6 Å². The Morgan fingerprint density at radius 1 is 0.923 bits per heavy atom. The number of fused-ring (bicyclic) bond motifs is 1. The summed E-state index contributed by atoms with van der Waals surface area (Å²) in [6.45, 7) is 1.75. The third-order valence-electron chi connectivity index (χ3n) is 4.26. The van der Waals surface area contributed by atoms with Crippen LogP contribution in [0, 0.1) is 0 Å². The number of pyridine rings is 1. The highest BCUT2D eigenvalue weighted by Crippen LogP contribution is 2.04. The summed E-state index contributed by atoms with van der Waals surface area (Å²) in [5, 5.41) is 15.2. The van der Waals surface area contributed by atoms with Gasteiger partial charge in [-0.05, 0) is 37.0 Å². The van der Waals surface area contributed by atoms with Gasteiger partial charge in [0.25, 0.3) is 0 Å². The standard InChI is InChI=1S/C20H26N6/c1-21-20(22-14-7-11-17-9-3-2-4-10-17)23-15-8-13-19-25-24-18-12-5-6-16-26(18)19/h2-6,9-10,12,16H,7-8,11,13-15H2,1H3,(H2,21,22,23). The van der Waals surface area contributed by atoms with Gasteiger partial charge < -0.3 is 10.6 Å². The first-order valence-electron chi connectivity index (χ1n) is 9.14. The van der Waals surface area contributed by atoms with Crippen molar-refractivity contribution in [1.82, 2.24) is 25.2 Å². The van der Waals surface area contributed by atoms with Gasteiger partial charge in [-0.15, -0.1) is 10.2 Å². The monoisotopic (exact) mass is 350 g/mol. The molecule has 3 aromatic rings. The van der Waals surface area contributed by atoms with Crippen LogP contribution in [0.25, 0.3) is 5.65 Å². The predicted molar refractivity (Wildman–Crippen MR) is 105 cm³/mol. The largest absolute Gasteiger partial charge is 0.356 e. The van der Waals surface area contributed by atoms with Crippen LogP contribution in [0.5, 0.6) is 0 Å². The van der Waals surface area contributed by atoms with Gasteiger partial charge >= 0.3 is 0 Å². The number of aryl methyl sites for hydroxylation is 2. The first-order chi connectivity index (χ1) is 12.9. The maximum Gasteiger partial charge on any atom is 0.190 e. The van der Waals surface area contributed by atoms with Gasteiger partial charge in [0.05, 0.1) is 0 Å². The van der Waals surface area contributed by atoms with Gasteiger partial charge in [0, 0.05) is 32.8 Å². The Labute approximate surface area is 154 Å². The zero-order valence-electron chi connectivity index (χ0n) is 15.2. The zero-order valence-corrected chi connectivity index (χ0v) is 15.2. The molecule has 3 rings (SSSR count). The van der Waals surface area contributed by atoms with E-state index >= 15 is 0 Å². The molecular weight excluding hydrogens is 324 g/mol. The van der Waals surface area contributed by atoms with Crippen LogP contribution in [0.15, 0.2) is 59.7 Å². The Kier molecular flexibility index (Phi) is 6.59. The number of nitrogens with one attached hydrogen (secondary N) is 2. The van der Waals surface area contributed by atoms with E-state index in [9.17, 15) is 0 Å². The molecule has 1 aromatic carbocycles. The molecule has 2 N–H and O–H groups in total. The molecule has 0 atom stereocenters. The fourth-order valence-corrected chi connectivity index (χ4v) is 2.88. The number of benzene rings is 1. The molecule has 0 spiro atoms. The molecular formula is C20H26N6. The van der Waals surface area contributed by atoms with Crippen molar-refractivity contribution in [2.75, 3.05) is 20.1 Å². The van der Waals surface area contributed by atoms with Crippen LogP contribution < -0.4 is 10.6 Å². The number of nitrogens with zero attached hydrogens (tertiary/aromatic N) is 4. The number of aromatic nitrogens is 3. The predicted octanol–water partition coefficient (Wildman–Crippen LogP) is 2.46. The fourth-order valence-electron chi connectivity index (χ4n) is 2.88. The summed E-state index contributed by atoms with van der Waals surface area (Å²) in [6.07, 6.45) is 6.01. The van der Waals surface area contributed by atoms with Crippen LogP contribution in [0.1, 0.15) is 24.2 Å². The number of rotatable bonds is 8. The Morgan fingerprint density at radius 2 is 1.65 bits per heavy atom. The average molecular weight is 350 g/mol. The molecule has 2 heterocycles. The molecule has 0 aliphatic heterocycles. The van der Waals surface area contributed by atoms with Crippen molar-refractivity contribution < 1.29 is 0 Å². The van der Waals surface area contributed by atoms with Crippen molar-refractivity contribution in [2.45, 2.75) is 25.7 Å². The fraction of sp³-hybridized carbons (Fsp3) is 0.350. The maximum absolute atomic E-state index is 4.28. The van der Waals surface area contributed by atoms with Crippen molar-refractivity contribution in [2.24, 2.45) is 4.99 Å². The van der Waals surface area contributed by atoms with Crippen LogP contribution >= 0.6 is 0 Å². The Morgan fingerprint density at radius 3 is 2.42 bits per heavy atom. The van der Waals surface area contributed by atoms with Crippen LogP contribution in [0.3, 0.4) is 0 Å². The van der Waals surface area contributed by atoms with E-state index in [0.29, 0.717) is 0 Å². The van der Waals surface area contributed by atoms with Gasteiger partial charge in [-0.25, -0.2) is 0 Å². The molecule has 0 radical (unpaired) electrons. The molecule has 136 valence electrons. The third-order valence-corrected chi connectivity index (χ3v) is 4.26. The van der Waals surface area contributed by atoms with E-state index in [1.54, 1.807) is 7.05 Å². The van der Waals surface area contributed by atoms with E-state index in [2.05, 4.69) is 56.2 Å². The lowest BCUT2D eigenvalue weighted by Crippen LogP contribution is -2.38. The van der Waals surface area contributed by atoms with Crippen LogP contribution in [0.4, 0.5) is 0 Å². The smallest absolute Gasteiger partial charge is 0.190 e. The second-order valence-electron chi connectivity index (χ2n) is 6.16. The Hall–Kier alpha value is -2.89. The van der Waals surface area contributed by atoms with Crippen LogP contribution in [0.2, 0.25) is 0 Å². The van der Waals surface area contributed by atoms with E-state index in [1.807, 2.05) is 28.8 Å². The number of guanidine groups is 1. The van der Waals surface area contributed by atoms with E-state index < -0.39 is 0 Å². The summed E-state index contributed by atoms with van der Waals surface area (Å²) < 4.78 is 2.04. The van der Waals surface area contributed by atoms with Crippen molar-refractivity contribution in [3.05, 3.63) is 66.1 Å². The number of aliphatic imine (C=N–C) groups is 1. The molecule has 0 saturated carbocycles. The molecule has 0 unspecified atom stereocenters. The first-order valence-corrected chi connectivity index (χ1v) is 9.14. The molecule has 0 bridgehead atoms. The SMILES string of the molecule is CN=C(NCCCc1ccccc1)NCCCc1nnc2ccccn12. The molecule has 0 saturated heterocycles. The first kappa shape index (κ1) is 17.9. The highest BCUT2D eigenvalue weighted by atomic mass is 15.2. The second-order valence-corrected chi connectivity index (χ2v) is 6.16. The molecule has 0 aliphatic rings. The van der Waals surface area contributed by atoms with Crippen molar-refractivity contribution in [3.63, 3.8) is 0 Å². The molecule has 2 aromatic heterocycles. The quantitative estimate of drug-likeness (QED) is 0.372. The van der Waals surface area contributed by atoms with Gasteiger partial charge in [0.2, 0.25) is 0 Å². The van der Waals surface area contributed by atoms with Crippen molar-refractivity contribution in [3.8, 4) is 0 Å². The summed E-state index contributed by atoms with van der Waals surface area (Å²) in [4.78, 5) is 4.28. The van der Waals surface area contributed by atoms with E-state index in [0.717, 1.165) is 56.2 Å². The summed E-state index contributed by atoms with van der Waals surface area (Å²) >= 11 is 0. The van der Waals surface area contributed by atoms with Crippen LogP contribution in [-0.2, 0) is 12.8 Å². The molecule has 26 heavy (non-hydrogen) atoms. The van der Waals surface area contributed by atoms with Gasteiger partial charge in [0.15, 0.2) is 11.6 Å². The molecule has 0 aliphatic carbocycles. The summed E-state index contributed by atoms with van der Waals surface area (Å²) in [7, 11) is 1.80. The number of hydrogen-bond donors (Lipinski definition) is 2. The van der Waals surface area contributed by atoms with Gasteiger partial charge in [-0.1, -0.05) is 36.4 Å². The Bertz CT molecular complexity index is 824. The Balaban J connectivity index is 1.34. The average Bonchev–Trinajstić information content (AvgIpc) is 3.11. The third kappa shape index (κ3) is 5.05. The zero-order chi connectivity index (χ0) is 18.0. The second kappa shape index (κ2) is 9.56.